The molecule has 1 aromatic heterocycles. The van der Waals surface area contributed by atoms with Gasteiger partial charge in [0.25, 0.3) is 0 Å². The number of rotatable bonds is 1. The topological polar surface area (TPSA) is 79.0 Å². The summed E-state index contributed by atoms with van der Waals surface area (Å²) in [4.78, 5) is 14.5. The van der Waals surface area contributed by atoms with Crippen molar-refractivity contribution in [1.29, 1.82) is 0 Å². The highest BCUT2D eigenvalue weighted by atomic mass is 32.2. The molecule has 5 nitrogen and oxygen atoms in total. The molecular weight excluding hydrogens is 288 g/mol. The van der Waals surface area contributed by atoms with E-state index in [4.69, 9.17) is 0 Å². The van der Waals surface area contributed by atoms with Crippen LogP contribution in [0.25, 0.3) is 10.9 Å². The lowest BCUT2D eigenvalue weighted by Crippen LogP contribution is -2.14. The number of sulfone groups is 1. The molecular formula is C15H10N2O3S. The van der Waals surface area contributed by atoms with Crippen LogP contribution >= 0.6 is 0 Å². The van der Waals surface area contributed by atoms with Crippen molar-refractivity contribution in [2.45, 2.75) is 9.79 Å². The molecule has 0 spiro atoms. The highest BCUT2D eigenvalue weighted by Crippen LogP contribution is 2.43. The van der Waals surface area contributed by atoms with Gasteiger partial charge in [0.1, 0.15) is 4.90 Å². The standard InChI is InChI=1S/C15H10N2O3S/c18-8-9-7-16-11-5-6-12-15(14(9)11)21(19,20)13-4-2-1-3-10(13)17-12/h1-8,16-17H. The van der Waals surface area contributed by atoms with Gasteiger partial charge in [-0.2, -0.15) is 0 Å². The summed E-state index contributed by atoms with van der Waals surface area (Å²) < 4.78 is 25.8. The molecule has 0 atom stereocenters. The minimum atomic E-state index is -3.67. The van der Waals surface area contributed by atoms with Crippen LogP contribution in [0.5, 0.6) is 0 Å². The van der Waals surface area contributed by atoms with Crippen LogP contribution in [-0.2, 0) is 9.84 Å². The molecule has 6 heteroatoms. The van der Waals surface area contributed by atoms with Crippen LogP contribution in [0.3, 0.4) is 0 Å². The highest BCUT2D eigenvalue weighted by molar-refractivity contribution is 7.92. The number of aromatic amines is 1. The number of hydrogen-bond donors (Lipinski definition) is 2. The minimum Gasteiger partial charge on any atom is -0.360 e. The van der Waals surface area contributed by atoms with E-state index in [0.29, 0.717) is 34.1 Å². The zero-order chi connectivity index (χ0) is 14.6. The van der Waals surface area contributed by atoms with Crippen LogP contribution < -0.4 is 5.32 Å². The molecule has 2 heterocycles. The molecule has 0 aliphatic carbocycles. The first kappa shape index (κ1) is 12.2. The van der Waals surface area contributed by atoms with E-state index >= 15 is 0 Å². The van der Waals surface area contributed by atoms with Gasteiger partial charge in [0.2, 0.25) is 9.84 Å². The van der Waals surface area contributed by atoms with E-state index in [1.54, 1.807) is 36.4 Å². The summed E-state index contributed by atoms with van der Waals surface area (Å²) in [6.45, 7) is 0. The van der Waals surface area contributed by atoms with Gasteiger partial charge in [-0.25, -0.2) is 8.42 Å². The number of anilines is 2. The van der Waals surface area contributed by atoms with Crippen LogP contribution in [0.15, 0.2) is 52.4 Å². The van der Waals surface area contributed by atoms with Gasteiger partial charge < -0.3 is 10.3 Å². The molecule has 0 fully saturated rings. The Bertz CT molecular complexity index is 1000. The van der Waals surface area contributed by atoms with Gasteiger partial charge in [-0.3, -0.25) is 4.79 Å². The van der Waals surface area contributed by atoms with Gasteiger partial charge in [0.05, 0.1) is 16.3 Å². The smallest absolute Gasteiger partial charge is 0.211 e. The number of carbonyl (C=O) groups excluding carboxylic acids is 1. The van der Waals surface area contributed by atoms with Crippen molar-refractivity contribution in [2.24, 2.45) is 0 Å². The average Bonchev–Trinajstić information content (AvgIpc) is 2.90. The van der Waals surface area contributed by atoms with Crippen LogP contribution in [0.1, 0.15) is 10.4 Å². The molecule has 2 aromatic carbocycles. The fourth-order valence-corrected chi connectivity index (χ4v) is 4.54. The number of fused-ring (bicyclic) bond motifs is 4. The summed E-state index contributed by atoms with van der Waals surface area (Å²) in [6.07, 6.45) is 2.18. The fraction of sp³-hybridized carbons (Fsp3) is 0. The molecule has 2 N–H and O–H groups in total. The number of nitrogens with one attached hydrogen (secondary N) is 2. The molecule has 0 saturated carbocycles. The maximum atomic E-state index is 12.9. The SMILES string of the molecule is O=Cc1c[nH]c2ccc3c(c12)S(=O)(=O)c1ccccc1N3. The quantitative estimate of drug-likeness (QED) is 0.530. The Morgan fingerprint density at radius 1 is 1.00 bits per heavy atom. The highest BCUT2D eigenvalue weighted by Gasteiger charge is 2.32. The average molecular weight is 298 g/mol. The lowest BCUT2D eigenvalue weighted by atomic mass is 10.1. The van der Waals surface area contributed by atoms with Gasteiger partial charge >= 0.3 is 0 Å². The number of hydrogen-bond acceptors (Lipinski definition) is 4. The van der Waals surface area contributed by atoms with E-state index in [9.17, 15) is 13.2 Å². The third-order valence-corrected chi connectivity index (χ3v) is 5.57. The van der Waals surface area contributed by atoms with Crippen LogP contribution in [0, 0.1) is 0 Å². The van der Waals surface area contributed by atoms with Gasteiger partial charge in [0.15, 0.2) is 6.29 Å². The van der Waals surface area contributed by atoms with Crippen LogP contribution in [-0.4, -0.2) is 19.7 Å². The second kappa shape index (κ2) is 3.95. The molecule has 1 aliphatic heterocycles. The second-order valence-corrected chi connectivity index (χ2v) is 6.71. The second-order valence-electron chi connectivity index (χ2n) is 4.85. The van der Waals surface area contributed by atoms with Crippen molar-refractivity contribution in [3.63, 3.8) is 0 Å². The maximum Gasteiger partial charge on any atom is 0.211 e. The molecule has 0 saturated heterocycles. The Labute approximate surface area is 120 Å². The predicted molar refractivity (Wildman–Crippen MR) is 78.9 cm³/mol. The van der Waals surface area contributed by atoms with Gasteiger partial charge in [-0.15, -0.1) is 0 Å². The Hall–Kier alpha value is -2.60. The van der Waals surface area contributed by atoms with Crippen LogP contribution in [0.2, 0.25) is 0 Å². The molecule has 104 valence electrons. The summed E-state index contributed by atoms with van der Waals surface area (Å²) >= 11 is 0. The Morgan fingerprint density at radius 3 is 2.62 bits per heavy atom. The van der Waals surface area contributed by atoms with Crippen molar-refractivity contribution in [2.75, 3.05) is 5.32 Å². The van der Waals surface area contributed by atoms with E-state index in [1.807, 2.05) is 0 Å². The van der Waals surface area contributed by atoms with Crippen molar-refractivity contribution in [3.05, 3.63) is 48.2 Å². The Kier molecular flexibility index (Phi) is 2.29. The van der Waals surface area contributed by atoms with E-state index in [-0.39, 0.29) is 9.79 Å². The largest absolute Gasteiger partial charge is 0.360 e. The number of aldehydes is 1. The normalized spacial score (nSPS) is 15.0. The molecule has 3 aromatic rings. The zero-order valence-corrected chi connectivity index (χ0v) is 11.6. The van der Waals surface area contributed by atoms with E-state index in [2.05, 4.69) is 10.3 Å². The van der Waals surface area contributed by atoms with E-state index in [0.717, 1.165) is 0 Å². The Balaban J connectivity index is 2.18. The number of benzene rings is 2. The molecule has 0 unspecified atom stereocenters. The lowest BCUT2D eigenvalue weighted by molar-refractivity contribution is 0.112. The number of H-pyrrole nitrogens is 1. The lowest BCUT2D eigenvalue weighted by Gasteiger charge is -2.22. The van der Waals surface area contributed by atoms with Crippen molar-refractivity contribution in [1.82, 2.24) is 4.98 Å². The first-order valence-electron chi connectivity index (χ1n) is 6.33. The zero-order valence-electron chi connectivity index (χ0n) is 10.8. The van der Waals surface area contributed by atoms with E-state index in [1.165, 1.54) is 6.20 Å². The first-order valence-corrected chi connectivity index (χ1v) is 7.81. The molecule has 0 radical (unpaired) electrons. The van der Waals surface area contributed by atoms with Crippen molar-refractivity contribution < 1.29 is 13.2 Å². The summed E-state index contributed by atoms with van der Waals surface area (Å²) in [7, 11) is -3.67. The van der Waals surface area contributed by atoms with E-state index < -0.39 is 9.84 Å². The summed E-state index contributed by atoms with van der Waals surface area (Å²) in [5, 5.41) is 3.56. The summed E-state index contributed by atoms with van der Waals surface area (Å²) in [6, 6.07) is 10.2. The third-order valence-electron chi connectivity index (χ3n) is 3.67. The third kappa shape index (κ3) is 1.50. The van der Waals surface area contributed by atoms with Gasteiger partial charge in [-0.1, -0.05) is 12.1 Å². The minimum absolute atomic E-state index is 0.155. The molecule has 4 rings (SSSR count). The predicted octanol–water partition coefficient (Wildman–Crippen LogP) is 2.87. The number of para-hydroxylation sites is 1. The van der Waals surface area contributed by atoms with Crippen molar-refractivity contribution in [3.8, 4) is 0 Å². The Morgan fingerprint density at radius 2 is 1.81 bits per heavy atom. The molecule has 0 bridgehead atoms. The first-order chi connectivity index (χ1) is 10.1. The molecule has 1 aliphatic rings. The number of aromatic nitrogens is 1. The van der Waals surface area contributed by atoms with Crippen LogP contribution in [0.4, 0.5) is 11.4 Å². The summed E-state index contributed by atoms with van der Waals surface area (Å²) in [5.74, 6) is 0. The monoisotopic (exact) mass is 298 g/mol. The van der Waals surface area contributed by atoms with Gasteiger partial charge in [0, 0.05) is 22.7 Å². The molecule has 0 amide bonds. The van der Waals surface area contributed by atoms with Gasteiger partial charge in [-0.05, 0) is 24.3 Å². The molecule has 21 heavy (non-hydrogen) atoms. The summed E-state index contributed by atoms with van der Waals surface area (Å²) in [5.41, 5.74) is 2.00. The number of carbonyl (C=O) groups is 1. The van der Waals surface area contributed by atoms with Crippen molar-refractivity contribution >= 4 is 38.4 Å². The fourth-order valence-electron chi connectivity index (χ4n) is 2.75. The maximum absolute atomic E-state index is 12.9.